The predicted octanol–water partition coefficient (Wildman–Crippen LogP) is -13.0. The van der Waals surface area contributed by atoms with Crippen LogP contribution in [-0.2, 0) is 0 Å². The first-order valence-corrected chi connectivity index (χ1v) is 2.12. The molecule has 0 saturated carbocycles. The first-order valence-electron chi connectivity index (χ1n) is 2.12. The van der Waals surface area contributed by atoms with E-state index < -0.39 is 22.0 Å². The average molecular weight is 407 g/mol. The molecule has 0 atom stereocenters. The fourth-order valence-corrected chi connectivity index (χ4v) is 0. The van der Waals surface area contributed by atoms with Gasteiger partial charge in [0.05, 0.1) is 0 Å². The number of hydrogen-bond acceptors (Lipinski definition) is 9. The largest absolute Gasteiger partial charge is 3.00 e. The molecule has 0 aliphatic heterocycles. The summed E-state index contributed by atoms with van der Waals surface area (Å²) in [4.78, 5) is 0. The standard InChI is InChI=1S/3BO3.Gd.3Mg/c3*2-1(3)4;;;;/q3*-3;+3;3*+2. The van der Waals surface area contributed by atoms with Gasteiger partial charge in [-0.2, -0.15) is 0 Å². The Morgan fingerprint density at radius 1 is 0.375 bits per heavy atom. The normalized spacial score (nSPS) is 5.06. The first-order chi connectivity index (χ1) is 5.20. The molecule has 0 aromatic heterocycles. The van der Waals surface area contributed by atoms with Crippen molar-refractivity contribution in [1.29, 1.82) is 0 Å². The molecule has 0 aromatic rings. The van der Waals surface area contributed by atoms with Gasteiger partial charge in [-0.3, -0.25) is 22.0 Å². The third kappa shape index (κ3) is 395. The molecule has 0 N–H and O–H groups in total. The molecule has 0 aliphatic rings. The molecule has 77 valence electrons. The molecule has 0 rings (SSSR count). The average Bonchev–Trinajstić information content (AvgIpc) is 1.54. The molecular formula is B3GdMg3O9. The van der Waals surface area contributed by atoms with Gasteiger partial charge in [0.2, 0.25) is 0 Å². The van der Waals surface area contributed by atoms with E-state index in [0.717, 1.165) is 0 Å². The van der Waals surface area contributed by atoms with Crippen molar-refractivity contribution in [3.05, 3.63) is 0 Å². The molecule has 0 saturated heterocycles. The second-order valence-corrected chi connectivity index (χ2v) is 0.866. The summed E-state index contributed by atoms with van der Waals surface area (Å²) < 4.78 is 0. The van der Waals surface area contributed by atoms with Crippen LogP contribution >= 0.6 is 0 Å². The summed E-state index contributed by atoms with van der Waals surface area (Å²) in [5, 5.41) is 75.8. The molecule has 0 aliphatic carbocycles. The van der Waals surface area contributed by atoms with Crippen molar-refractivity contribution in [1.82, 2.24) is 0 Å². The fraction of sp³-hybridized carbons (Fsp3) is 0. The molecule has 0 heterocycles. The monoisotopic (exact) mass is 407 g/mol. The molecule has 0 bridgehead atoms. The van der Waals surface area contributed by atoms with Crippen LogP contribution in [0, 0.1) is 39.9 Å². The van der Waals surface area contributed by atoms with Crippen molar-refractivity contribution >= 4 is 91.1 Å². The molecule has 9 nitrogen and oxygen atoms in total. The SMILES string of the molecule is [Gd+3].[Mg+2].[Mg+2].[Mg+2].[O-]B([O-])[O-].[O-]B([O-])[O-].[O-]B([O-])[O-]. The van der Waals surface area contributed by atoms with Gasteiger partial charge >= 0.3 is 109 Å². The maximum atomic E-state index is 8.42. The molecule has 0 unspecified atom stereocenters. The van der Waals surface area contributed by atoms with Crippen molar-refractivity contribution in [2.24, 2.45) is 0 Å². The van der Waals surface area contributed by atoms with Gasteiger partial charge in [-0.1, -0.05) is 0 Å². The zero-order chi connectivity index (χ0) is 10.7. The second-order valence-electron chi connectivity index (χ2n) is 0.866. The Hall–Kier alpha value is 3.46. The van der Waals surface area contributed by atoms with Crippen LogP contribution in [0.25, 0.3) is 0 Å². The summed E-state index contributed by atoms with van der Waals surface area (Å²) >= 11 is 0. The van der Waals surface area contributed by atoms with Gasteiger partial charge in [-0.05, 0) is 0 Å². The molecule has 0 aromatic carbocycles. The van der Waals surface area contributed by atoms with E-state index in [-0.39, 0.29) is 109 Å². The van der Waals surface area contributed by atoms with Crippen LogP contribution in [0.4, 0.5) is 0 Å². The van der Waals surface area contributed by atoms with Gasteiger partial charge in [-0.25, -0.2) is 0 Å². The van der Waals surface area contributed by atoms with E-state index in [1.54, 1.807) is 0 Å². The fourth-order valence-electron chi connectivity index (χ4n) is 0. The molecule has 0 amide bonds. The quantitative estimate of drug-likeness (QED) is 0.349. The summed E-state index contributed by atoms with van der Waals surface area (Å²) in [6.07, 6.45) is 0. The molecule has 1 radical (unpaired) electrons. The Bertz CT molecular complexity index is 54.5. The van der Waals surface area contributed by atoms with E-state index >= 15 is 0 Å². The van der Waals surface area contributed by atoms with E-state index in [2.05, 4.69) is 0 Å². The van der Waals surface area contributed by atoms with Crippen molar-refractivity contribution in [2.45, 2.75) is 0 Å². The Kier molecular flexibility index (Phi) is 96.8. The molecule has 16 heteroatoms. The molecule has 16 heavy (non-hydrogen) atoms. The van der Waals surface area contributed by atoms with Gasteiger partial charge < -0.3 is 45.2 Å². The smallest absolute Gasteiger partial charge is 0.907 e. The zero-order valence-corrected chi connectivity index (χ0v) is 14.4. The molecule has 0 fully saturated rings. The van der Waals surface area contributed by atoms with E-state index in [1.165, 1.54) is 0 Å². The van der Waals surface area contributed by atoms with Crippen LogP contribution in [-0.4, -0.2) is 91.1 Å². The molecular weight excluding hydrogens is 407 g/mol. The molecule has 0 spiro atoms. The summed E-state index contributed by atoms with van der Waals surface area (Å²) in [6, 6.07) is 0. The predicted molar refractivity (Wildman–Crippen MR) is 34.5 cm³/mol. The Morgan fingerprint density at radius 2 is 0.375 bits per heavy atom. The van der Waals surface area contributed by atoms with Gasteiger partial charge in [0.25, 0.3) is 0 Å². The Balaban J connectivity index is -0.0000000135. The van der Waals surface area contributed by atoms with Crippen LogP contribution in [0.1, 0.15) is 0 Å². The summed E-state index contributed by atoms with van der Waals surface area (Å²) in [5.74, 6) is 0. The first kappa shape index (κ1) is 42.7. The number of rotatable bonds is 0. The minimum absolute atomic E-state index is 0. The topological polar surface area (TPSA) is 208 Å². The van der Waals surface area contributed by atoms with Crippen molar-refractivity contribution in [3.63, 3.8) is 0 Å². The second kappa shape index (κ2) is 36.2. The van der Waals surface area contributed by atoms with Gasteiger partial charge in [-0.15, -0.1) is 0 Å². The third-order valence-electron chi connectivity index (χ3n) is 0. The van der Waals surface area contributed by atoms with E-state index in [1.807, 2.05) is 0 Å². The van der Waals surface area contributed by atoms with Crippen molar-refractivity contribution in [2.75, 3.05) is 0 Å². The Morgan fingerprint density at radius 3 is 0.375 bits per heavy atom. The van der Waals surface area contributed by atoms with Crippen LogP contribution in [0.3, 0.4) is 0 Å². The maximum absolute atomic E-state index is 8.42. The van der Waals surface area contributed by atoms with Crippen LogP contribution < -0.4 is 45.2 Å². The minimum atomic E-state index is -2.92. The van der Waals surface area contributed by atoms with Crippen molar-refractivity contribution in [3.8, 4) is 0 Å². The van der Waals surface area contributed by atoms with E-state index in [4.69, 9.17) is 45.2 Å². The maximum Gasteiger partial charge on any atom is 3.00 e. The van der Waals surface area contributed by atoms with Gasteiger partial charge in [0.15, 0.2) is 0 Å². The summed E-state index contributed by atoms with van der Waals surface area (Å²) in [7, 11) is -8.75. The summed E-state index contributed by atoms with van der Waals surface area (Å²) in [6.45, 7) is 0. The van der Waals surface area contributed by atoms with E-state index in [0.29, 0.717) is 0 Å². The van der Waals surface area contributed by atoms with Gasteiger partial charge in [0, 0.05) is 0 Å². The zero-order valence-electron chi connectivity index (χ0n) is 7.88. The third-order valence-corrected chi connectivity index (χ3v) is 0. The number of hydrogen-bond donors (Lipinski definition) is 0. The minimum Gasteiger partial charge on any atom is -0.907 e. The Labute approximate surface area is 173 Å². The van der Waals surface area contributed by atoms with Crippen LogP contribution in [0.15, 0.2) is 0 Å². The summed E-state index contributed by atoms with van der Waals surface area (Å²) in [5.41, 5.74) is 0. The van der Waals surface area contributed by atoms with E-state index in [9.17, 15) is 0 Å². The van der Waals surface area contributed by atoms with Crippen LogP contribution in [0.2, 0.25) is 0 Å². The van der Waals surface area contributed by atoms with Crippen LogP contribution in [0.5, 0.6) is 0 Å². The van der Waals surface area contributed by atoms with Gasteiger partial charge in [0.1, 0.15) is 0 Å². The van der Waals surface area contributed by atoms with Crippen molar-refractivity contribution < 1.29 is 85.2 Å².